The first kappa shape index (κ1) is 16.4. The second-order valence-corrected chi connectivity index (χ2v) is 5.43. The Morgan fingerprint density at radius 3 is 2.43 bits per heavy atom. The number of nitrogens with zero attached hydrogens (tertiary/aromatic N) is 6. The van der Waals surface area contributed by atoms with Crippen LogP contribution in [0.3, 0.4) is 0 Å². The molecule has 0 atom stereocenters. The maximum absolute atomic E-state index is 9.02. The lowest BCUT2D eigenvalue weighted by atomic mass is 10.1. The summed E-state index contributed by atoms with van der Waals surface area (Å²) < 4.78 is 0. The van der Waals surface area contributed by atoms with Gasteiger partial charge in [0.25, 0.3) is 0 Å². The third kappa shape index (κ3) is 4.77. The normalized spacial score (nSPS) is 10.1. The number of benzene rings is 1. The fraction of sp³-hybridized carbons (Fsp3) is 0.294. The molecule has 1 aromatic heterocycles. The Morgan fingerprint density at radius 1 is 1.00 bits per heavy atom. The van der Waals surface area contributed by atoms with Gasteiger partial charge in [-0.2, -0.15) is 10.5 Å². The van der Waals surface area contributed by atoms with Crippen molar-refractivity contribution in [3.05, 3.63) is 53.2 Å². The number of hydrogen-bond acceptors (Lipinski definition) is 6. The Hall–Kier alpha value is -2.96. The predicted molar refractivity (Wildman–Crippen MR) is 87.5 cm³/mol. The summed E-state index contributed by atoms with van der Waals surface area (Å²) in [5.74, 6) is 0.716. The molecule has 0 saturated heterocycles. The van der Waals surface area contributed by atoms with Crippen LogP contribution in [0.2, 0.25) is 0 Å². The van der Waals surface area contributed by atoms with Gasteiger partial charge in [-0.15, -0.1) is 10.2 Å². The molecule has 1 heterocycles. The lowest BCUT2D eigenvalue weighted by Gasteiger charge is -2.25. The Bertz CT molecular complexity index is 724. The lowest BCUT2D eigenvalue weighted by molar-refractivity contribution is 0.412. The number of hydrogen-bond donors (Lipinski definition) is 0. The SMILES string of the molecule is CN(C)CCN(Cc1cccc(C#N)c1)c1ccc(C#N)nn1. The zero-order chi connectivity index (χ0) is 16.7. The molecule has 0 aliphatic carbocycles. The Morgan fingerprint density at radius 2 is 1.83 bits per heavy atom. The van der Waals surface area contributed by atoms with E-state index in [-0.39, 0.29) is 0 Å². The van der Waals surface area contributed by atoms with Crippen LogP contribution in [0, 0.1) is 22.7 Å². The number of aromatic nitrogens is 2. The van der Waals surface area contributed by atoms with Gasteiger partial charge in [0.05, 0.1) is 11.6 Å². The first-order chi connectivity index (χ1) is 11.1. The number of rotatable bonds is 6. The highest BCUT2D eigenvalue weighted by atomic mass is 15.3. The first-order valence-electron chi connectivity index (χ1n) is 7.25. The highest BCUT2D eigenvalue weighted by molar-refractivity contribution is 5.41. The Balaban J connectivity index is 2.22. The van der Waals surface area contributed by atoms with E-state index in [0.717, 1.165) is 18.7 Å². The van der Waals surface area contributed by atoms with Crippen LogP contribution in [0.4, 0.5) is 5.82 Å². The molecule has 2 aromatic rings. The minimum absolute atomic E-state index is 0.299. The maximum Gasteiger partial charge on any atom is 0.163 e. The second-order valence-electron chi connectivity index (χ2n) is 5.43. The molecule has 1 aromatic carbocycles. The van der Waals surface area contributed by atoms with E-state index in [0.29, 0.717) is 23.6 Å². The van der Waals surface area contributed by atoms with Gasteiger partial charge in [0.1, 0.15) is 6.07 Å². The maximum atomic E-state index is 9.02. The minimum atomic E-state index is 0.299. The van der Waals surface area contributed by atoms with E-state index < -0.39 is 0 Å². The highest BCUT2D eigenvalue weighted by Gasteiger charge is 2.11. The van der Waals surface area contributed by atoms with Gasteiger partial charge in [-0.1, -0.05) is 12.1 Å². The molecule has 0 aliphatic rings. The Kier molecular flexibility index (Phi) is 5.62. The first-order valence-corrected chi connectivity index (χ1v) is 7.25. The van der Waals surface area contributed by atoms with Gasteiger partial charge in [-0.25, -0.2) is 0 Å². The van der Waals surface area contributed by atoms with Crippen molar-refractivity contribution in [3.8, 4) is 12.1 Å². The summed E-state index contributed by atoms with van der Waals surface area (Å²) in [5, 5.41) is 25.9. The molecular weight excluding hydrogens is 288 g/mol. The fourth-order valence-corrected chi connectivity index (χ4v) is 2.11. The monoisotopic (exact) mass is 306 g/mol. The van der Waals surface area contributed by atoms with E-state index in [9.17, 15) is 0 Å². The van der Waals surface area contributed by atoms with Gasteiger partial charge in [0.2, 0.25) is 0 Å². The molecule has 0 spiro atoms. The average Bonchev–Trinajstić information content (AvgIpc) is 2.58. The zero-order valence-corrected chi connectivity index (χ0v) is 13.3. The van der Waals surface area contributed by atoms with Crippen molar-refractivity contribution in [1.82, 2.24) is 15.1 Å². The van der Waals surface area contributed by atoms with Crippen LogP contribution < -0.4 is 4.90 Å². The number of nitriles is 2. The highest BCUT2D eigenvalue weighted by Crippen LogP contribution is 2.15. The molecule has 2 rings (SSSR count). The summed E-state index contributed by atoms with van der Waals surface area (Å²) in [6.45, 7) is 2.26. The van der Waals surface area contributed by atoms with Gasteiger partial charge in [-0.3, -0.25) is 0 Å². The molecule has 0 saturated carbocycles. The van der Waals surface area contributed by atoms with Crippen LogP contribution in [-0.4, -0.2) is 42.3 Å². The van der Waals surface area contributed by atoms with E-state index in [1.807, 2.05) is 38.4 Å². The van der Waals surface area contributed by atoms with Crippen molar-refractivity contribution in [2.45, 2.75) is 6.54 Å². The summed E-state index contributed by atoms with van der Waals surface area (Å²) in [5.41, 5.74) is 1.97. The standard InChI is InChI=1S/C17H18N6/c1-22(2)8-9-23(17-7-6-16(12-19)20-21-17)13-15-5-3-4-14(10-15)11-18/h3-7,10H,8-9,13H2,1-2H3. The molecule has 23 heavy (non-hydrogen) atoms. The summed E-state index contributed by atoms with van der Waals surface area (Å²) in [6.07, 6.45) is 0. The third-order valence-corrected chi connectivity index (χ3v) is 3.34. The summed E-state index contributed by atoms with van der Waals surface area (Å²) in [7, 11) is 4.03. The fourth-order valence-electron chi connectivity index (χ4n) is 2.11. The van der Waals surface area contributed by atoms with Crippen LogP contribution in [0.15, 0.2) is 36.4 Å². The smallest absolute Gasteiger partial charge is 0.163 e. The molecule has 0 radical (unpaired) electrons. The average molecular weight is 306 g/mol. The largest absolute Gasteiger partial charge is 0.350 e. The van der Waals surface area contributed by atoms with E-state index in [2.05, 4.69) is 26.1 Å². The van der Waals surface area contributed by atoms with Crippen molar-refractivity contribution in [3.63, 3.8) is 0 Å². The van der Waals surface area contributed by atoms with Crippen molar-refractivity contribution in [2.75, 3.05) is 32.1 Å². The van der Waals surface area contributed by atoms with E-state index in [1.54, 1.807) is 18.2 Å². The molecule has 0 unspecified atom stereocenters. The van der Waals surface area contributed by atoms with Crippen LogP contribution in [0.5, 0.6) is 0 Å². The molecule has 6 nitrogen and oxygen atoms in total. The molecule has 0 fully saturated rings. The minimum Gasteiger partial charge on any atom is -0.350 e. The van der Waals surface area contributed by atoms with Gasteiger partial charge >= 0.3 is 0 Å². The zero-order valence-electron chi connectivity index (χ0n) is 13.3. The molecule has 6 heteroatoms. The van der Waals surface area contributed by atoms with Crippen LogP contribution in [0.25, 0.3) is 0 Å². The topological polar surface area (TPSA) is 79.8 Å². The molecule has 0 N–H and O–H groups in total. The second kappa shape index (κ2) is 7.88. The van der Waals surface area contributed by atoms with E-state index in [1.165, 1.54) is 0 Å². The van der Waals surface area contributed by atoms with Gasteiger partial charge in [0, 0.05) is 19.6 Å². The predicted octanol–water partition coefficient (Wildman–Crippen LogP) is 1.79. The quantitative estimate of drug-likeness (QED) is 0.809. The van der Waals surface area contributed by atoms with Crippen LogP contribution in [-0.2, 0) is 6.54 Å². The molecule has 0 aliphatic heterocycles. The van der Waals surface area contributed by atoms with Gasteiger partial charge in [-0.05, 0) is 43.9 Å². The summed E-state index contributed by atoms with van der Waals surface area (Å²) in [4.78, 5) is 4.18. The third-order valence-electron chi connectivity index (χ3n) is 3.34. The van der Waals surface area contributed by atoms with Crippen molar-refractivity contribution in [1.29, 1.82) is 10.5 Å². The van der Waals surface area contributed by atoms with Gasteiger partial charge in [0.15, 0.2) is 11.5 Å². The molecular formula is C17H18N6. The van der Waals surface area contributed by atoms with Crippen molar-refractivity contribution < 1.29 is 0 Å². The van der Waals surface area contributed by atoms with Crippen molar-refractivity contribution >= 4 is 5.82 Å². The number of likely N-dealkylation sites (N-methyl/N-ethyl adjacent to an activating group) is 1. The summed E-state index contributed by atoms with van der Waals surface area (Å²) >= 11 is 0. The molecule has 0 amide bonds. The summed E-state index contributed by atoms with van der Waals surface area (Å²) in [6, 6.07) is 15.1. The van der Waals surface area contributed by atoms with Crippen LogP contribution >= 0.6 is 0 Å². The van der Waals surface area contributed by atoms with Crippen LogP contribution in [0.1, 0.15) is 16.8 Å². The molecule has 0 bridgehead atoms. The number of anilines is 1. The Labute approximate surface area is 136 Å². The molecule has 116 valence electrons. The van der Waals surface area contributed by atoms with E-state index in [4.69, 9.17) is 10.5 Å². The van der Waals surface area contributed by atoms with Gasteiger partial charge < -0.3 is 9.80 Å². The van der Waals surface area contributed by atoms with Crippen molar-refractivity contribution in [2.24, 2.45) is 0 Å². The lowest BCUT2D eigenvalue weighted by Crippen LogP contribution is -2.32. The van der Waals surface area contributed by atoms with E-state index >= 15 is 0 Å².